The molecule has 1 saturated heterocycles. The summed E-state index contributed by atoms with van der Waals surface area (Å²) in [4.78, 5) is 0. The topological polar surface area (TPSA) is 98.0 Å². The summed E-state index contributed by atoms with van der Waals surface area (Å²) >= 11 is 1.22. The fourth-order valence-electron chi connectivity index (χ4n) is 1.33. The van der Waals surface area contributed by atoms with E-state index in [1.54, 1.807) is 0 Å². The molecule has 1 aromatic heterocycles. The van der Waals surface area contributed by atoms with Crippen LogP contribution in [0, 0.1) is 0 Å². The quantitative estimate of drug-likeness (QED) is 0.659. The molecule has 2 rings (SSSR count). The van der Waals surface area contributed by atoms with E-state index in [0.29, 0.717) is 16.7 Å². The van der Waals surface area contributed by atoms with Crippen molar-refractivity contribution in [3.63, 3.8) is 0 Å². The molecule has 0 amide bonds. The van der Waals surface area contributed by atoms with Crippen molar-refractivity contribution < 1.29 is 8.42 Å². The van der Waals surface area contributed by atoms with E-state index in [0.717, 1.165) is 0 Å². The van der Waals surface area contributed by atoms with Gasteiger partial charge in [0.25, 0.3) is 0 Å². The lowest BCUT2D eigenvalue weighted by molar-refractivity contribution is 0.527. The first-order valence-corrected chi connectivity index (χ1v) is 6.73. The Labute approximate surface area is 85.4 Å². The normalized spacial score (nSPS) is 26.1. The molecule has 1 aliphatic rings. The lowest BCUT2D eigenvalue weighted by Gasteiger charge is -2.20. The molecule has 0 aliphatic carbocycles. The zero-order chi connectivity index (χ0) is 10.2. The smallest absolute Gasteiger partial charge is 0.203 e. The van der Waals surface area contributed by atoms with Gasteiger partial charge >= 0.3 is 0 Å². The summed E-state index contributed by atoms with van der Waals surface area (Å²) < 4.78 is 22.7. The first kappa shape index (κ1) is 9.81. The van der Waals surface area contributed by atoms with E-state index in [4.69, 9.17) is 5.73 Å². The summed E-state index contributed by atoms with van der Waals surface area (Å²) in [6, 6.07) is -0.247. The molecule has 0 spiro atoms. The minimum Gasteiger partial charge on any atom is -0.374 e. The number of sulfone groups is 1. The maximum absolute atomic E-state index is 11.3. The number of aromatic nitrogens is 2. The van der Waals surface area contributed by atoms with E-state index in [1.165, 1.54) is 11.3 Å². The summed E-state index contributed by atoms with van der Waals surface area (Å²) in [5.74, 6) is 0.277. The first-order valence-electron chi connectivity index (χ1n) is 4.09. The van der Waals surface area contributed by atoms with E-state index in [1.807, 2.05) is 0 Å². The highest BCUT2D eigenvalue weighted by Crippen LogP contribution is 2.22. The van der Waals surface area contributed by atoms with E-state index >= 15 is 0 Å². The van der Waals surface area contributed by atoms with Crippen LogP contribution in [0.4, 0.5) is 5.13 Å². The fraction of sp³-hybridized carbons (Fsp3) is 0.667. The fourth-order valence-corrected chi connectivity index (χ4v) is 3.50. The van der Waals surface area contributed by atoms with Gasteiger partial charge in [-0.25, -0.2) is 8.42 Å². The molecule has 2 heterocycles. The summed E-state index contributed by atoms with van der Waals surface area (Å²) in [6.07, 6.45) is 0. The zero-order valence-corrected chi connectivity index (χ0v) is 8.94. The van der Waals surface area contributed by atoms with Gasteiger partial charge in [0.2, 0.25) is 5.13 Å². The number of nitrogen functional groups attached to an aromatic ring is 1. The van der Waals surface area contributed by atoms with Gasteiger partial charge in [-0.3, -0.25) is 0 Å². The number of nitrogens with two attached hydrogens (primary N) is 1. The highest BCUT2D eigenvalue weighted by atomic mass is 32.2. The molecule has 6 nitrogen and oxygen atoms in total. The van der Waals surface area contributed by atoms with Gasteiger partial charge in [-0.05, 0) is 0 Å². The molecule has 1 aliphatic heterocycles. The van der Waals surface area contributed by atoms with Crippen molar-refractivity contribution in [2.24, 2.45) is 0 Å². The molecular formula is C6H10N4O2S2. The standard InChI is InChI=1S/C6H10N4O2S2/c7-6-10-9-5(13-6)4-3-14(11,12)2-1-8-4/h4,8H,1-3H2,(H2,7,10). The van der Waals surface area contributed by atoms with Crippen molar-refractivity contribution >= 4 is 26.3 Å². The van der Waals surface area contributed by atoms with Crippen LogP contribution >= 0.6 is 11.3 Å². The molecule has 0 saturated carbocycles. The van der Waals surface area contributed by atoms with Gasteiger partial charge in [0.15, 0.2) is 9.84 Å². The molecule has 1 aromatic rings. The van der Waals surface area contributed by atoms with Crippen molar-refractivity contribution in [2.75, 3.05) is 23.8 Å². The third-order valence-corrected chi connectivity index (χ3v) is 4.51. The average molecular weight is 234 g/mol. The van der Waals surface area contributed by atoms with Gasteiger partial charge in [0.05, 0.1) is 17.5 Å². The van der Waals surface area contributed by atoms with Gasteiger partial charge in [-0.1, -0.05) is 11.3 Å². The molecule has 0 radical (unpaired) electrons. The van der Waals surface area contributed by atoms with Crippen molar-refractivity contribution in [2.45, 2.75) is 6.04 Å². The minimum absolute atomic E-state index is 0.0850. The van der Waals surface area contributed by atoms with Crippen molar-refractivity contribution in [1.29, 1.82) is 0 Å². The first-order chi connectivity index (χ1) is 6.57. The Kier molecular flexibility index (Phi) is 2.41. The Morgan fingerprint density at radius 3 is 2.86 bits per heavy atom. The van der Waals surface area contributed by atoms with Gasteiger partial charge in [0.1, 0.15) is 5.01 Å². The van der Waals surface area contributed by atoms with E-state index in [-0.39, 0.29) is 17.5 Å². The van der Waals surface area contributed by atoms with Gasteiger partial charge in [-0.2, -0.15) is 0 Å². The Hall–Kier alpha value is -0.730. The Morgan fingerprint density at radius 1 is 1.50 bits per heavy atom. The second-order valence-electron chi connectivity index (χ2n) is 3.10. The Morgan fingerprint density at radius 2 is 2.29 bits per heavy atom. The molecule has 0 bridgehead atoms. The van der Waals surface area contributed by atoms with Crippen LogP contribution < -0.4 is 11.1 Å². The molecule has 1 unspecified atom stereocenters. The number of nitrogens with one attached hydrogen (secondary N) is 1. The van der Waals surface area contributed by atoms with Crippen LogP contribution in [0.2, 0.25) is 0 Å². The second kappa shape index (κ2) is 3.44. The number of anilines is 1. The molecule has 1 fully saturated rings. The molecular weight excluding hydrogens is 224 g/mol. The number of hydrogen-bond acceptors (Lipinski definition) is 7. The number of hydrogen-bond donors (Lipinski definition) is 2. The van der Waals surface area contributed by atoms with Crippen molar-refractivity contribution in [1.82, 2.24) is 15.5 Å². The Balaban J connectivity index is 2.20. The lowest BCUT2D eigenvalue weighted by Crippen LogP contribution is -2.39. The van der Waals surface area contributed by atoms with Gasteiger partial charge in [0, 0.05) is 6.54 Å². The van der Waals surface area contributed by atoms with Crippen LogP contribution in [-0.4, -0.2) is 36.7 Å². The highest BCUT2D eigenvalue weighted by Gasteiger charge is 2.27. The summed E-state index contributed by atoms with van der Waals surface area (Å²) in [7, 11) is -2.94. The maximum atomic E-state index is 11.3. The molecule has 1 atom stereocenters. The van der Waals surface area contributed by atoms with Crippen LogP contribution in [-0.2, 0) is 9.84 Å². The van der Waals surface area contributed by atoms with Crippen LogP contribution in [0.3, 0.4) is 0 Å². The van der Waals surface area contributed by atoms with E-state index < -0.39 is 9.84 Å². The van der Waals surface area contributed by atoms with Crippen molar-refractivity contribution in [3.05, 3.63) is 5.01 Å². The van der Waals surface area contributed by atoms with E-state index in [9.17, 15) is 8.42 Å². The monoisotopic (exact) mass is 234 g/mol. The predicted molar refractivity (Wildman–Crippen MR) is 53.7 cm³/mol. The SMILES string of the molecule is Nc1nnc(C2CS(=O)(=O)CCN2)s1. The molecule has 0 aromatic carbocycles. The summed E-state index contributed by atoms with van der Waals surface area (Å²) in [5, 5.41) is 11.6. The largest absolute Gasteiger partial charge is 0.374 e. The third kappa shape index (κ3) is 2.02. The maximum Gasteiger partial charge on any atom is 0.203 e. The number of rotatable bonds is 1. The highest BCUT2D eigenvalue weighted by molar-refractivity contribution is 7.91. The Bertz CT molecular complexity index is 427. The summed E-state index contributed by atoms with van der Waals surface area (Å²) in [6.45, 7) is 0.465. The van der Waals surface area contributed by atoms with Crippen LogP contribution in [0.15, 0.2) is 0 Å². The molecule has 78 valence electrons. The predicted octanol–water partition coefficient (Wildman–Crippen LogP) is -0.821. The van der Waals surface area contributed by atoms with Crippen LogP contribution in [0.1, 0.15) is 11.0 Å². The summed E-state index contributed by atoms with van der Waals surface area (Å²) in [5.41, 5.74) is 5.42. The second-order valence-corrected chi connectivity index (χ2v) is 6.37. The van der Waals surface area contributed by atoms with Gasteiger partial charge in [-0.15, -0.1) is 10.2 Å². The van der Waals surface area contributed by atoms with Gasteiger partial charge < -0.3 is 11.1 Å². The zero-order valence-electron chi connectivity index (χ0n) is 7.30. The molecule has 3 N–H and O–H groups in total. The number of nitrogens with zero attached hydrogens (tertiary/aromatic N) is 2. The van der Waals surface area contributed by atoms with E-state index in [2.05, 4.69) is 15.5 Å². The van der Waals surface area contributed by atoms with Crippen molar-refractivity contribution in [3.8, 4) is 0 Å². The third-order valence-electron chi connectivity index (χ3n) is 1.98. The molecule has 8 heteroatoms. The minimum atomic E-state index is -2.94. The molecule has 14 heavy (non-hydrogen) atoms. The average Bonchev–Trinajstić information content (AvgIpc) is 2.50. The van der Waals surface area contributed by atoms with Crippen LogP contribution in [0.25, 0.3) is 0 Å². The lowest BCUT2D eigenvalue weighted by atomic mass is 10.3. The van der Waals surface area contributed by atoms with Crippen LogP contribution in [0.5, 0.6) is 0 Å².